The Balaban J connectivity index is 1.38. The van der Waals surface area contributed by atoms with Crippen LogP contribution in [0.3, 0.4) is 0 Å². The lowest BCUT2D eigenvalue weighted by Crippen LogP contribution is -2.30. The van der Waals surface area contributed by atoms with E-state index in [-0.39, 0.29) is 17.9 Å². The van der Waals surface area contributed by atoms with Crippen LogP contribution in [0.5, 0.6) is 0 Å². The van der Waals surface area contributed by atoms with Crippen LogP contribution in [-0.2, 0) is 11.3 Å². The van der Waals surface area contributed by atoms with Crippen LogP contribution in [-0.4, -0.2) is 33.5 Å². The standard InChI is InChI=1S/C21H25N5O2S/c1-14-15(2)29-20-19(14)21(28)26(13-23-20)11-8-18(27)24-16-6-7-17(22-12-16)25-9-4-3-5-10-25/h6-7,12-13H,3-5,8-11H2,1-2H3,(H,24,27). The van der Waals surface area contributed by atoms with Gasteiger partial charge in [-0.2, -0.15) is 0 Å². The Kier molecular flexibility index (Phi) is 5.62. The van der Waals surface area contributed by atoms with E-state index in [1.807, 2.05) is 26.0 Å². The van der Waals surface area contributed by atoms with E-state index in [1.54, 1.807) is 6.20 Å². The van der Waals surface area contributed by atoms with Gasteiger partial charge in [-0.25, -0.2) is 9.97 Å². The zero-order chi connectivity index (χ0) is 20.4. The van der Waals surface area contributed by atoms with E-state index in [0.29, 0.717) is 17.6 Å². The summed E-state index contributed by atoms with van der Waals surface area (Å²) in [5.41, 5.74) is 1.55. The smallest absolute Gasteiger partial charge is 0.262 e. The first-order valence-electron chi connectivity index (χ1n) is 9.99. The van der Waals surface area contributed by atoms with E-state index >= 15 is 0 Å². The molecule has 1 saturated heterocycles. The summed E-state index contributed by atoms with van der Waals surface area (Å²) < 4.78 is 1.51. The fourth-order valence-corrected chi connectivity index (χ4v) is 4.63. The number of nitrogens with one attached hydrogen (secondary N) is 1. The molecule has 0 radical (unpaired) electrons. The Morgan fingerprint density at radius 3 is 2.69 bits per heavy atom. The highest BCUT2D eigenvalue weighted by Gasteiger charge is 2.14. The molecule has 4 heterocycles. The minimum atomic E-state index is -0.150. The molecule has 0 spiro atoms. The fourth-order valence-electron chi connectivity index (χ4n) is 3.64. The maximum atomic E-state index is 12.7. The highest BCUT2D eigenvalue weighted by Crippen LogP contribution is 2.25. The summed E-state index contributed by atoms with van der Waals surface area (Å²) in [5, 5.41) is 3.52. The molecule has 3 aromatic heterocycles. The van der Waals surface area contributed by atoms with Gasteiger partial charge in [-0.15, -0.1) is 11.3 Å². The molecule has 1 fully saturated rings. The topological polar surface area (TPSA) is 80.1 Å². The van der Waals surface area contributed by atoms with Crippen molar-refractivity contribution in [1.29, 1.82) is 0 Å². The van der Waals surface area contributed by atoms with E-state index in [4.69, 9.17) is 0 Å². The third-order valence-electron chi connectivity index (χ3n) is 5.45. The average Bonchev–Trinajstić information content (AvgIpc) is 3.03. The maximum Gasteiger partial charge on any atom is 0.262 e. The van der Waals surface area contributed by atoms with Crippen molar-refractivity contribution in [3.8, 4) is 0 Å². The van der Waals surface area contributed by atoms with Gasteiger partial charge in [-0.3, -0.25) is 14.2 Å². The summed E-state index contributed by atoms with van der Waals surface area (Å²) >= 11 is 1.52. The van der Waals surface area contributed by atoms with E-state index in [0.717, 1.165) is 34.2 Å². The van der Waals surface area contributed by atoms with Crippen LogP contribution in [0.1, 0.15) is 36.1 Å². The molecule has 0 bridgehead atoms. The number of carbonyl (C=O) groups excluding carboxylic acids is 1. The van der Waals surface area contributed by atoms with Gasteiger partial charge in [0.25, 0.3) is 5.56 Å². The first kappa shape index (κ1) is 19.6. The number of piperidine rings is 1. The summed E-state index contributed by atoms with van der Waals surface area (Å²) in [4.78, 5) is 38.0. The second-order valence-electron chi connectivity index (χ2n) is 7.46. The van der Waals surface area contributed by atoms with Gasteiger partial charge in [0.1, 0.15) is 10.6 Å². The second kappa shape index (κ2) is 8.32. The zero-order valence-electron chi connectivity index (χ0n) is 16.8. The minimum absolute atomic E-state index is 0.0859. The first-order valence-corrected chi connectivity index (χ1v) is 10.8. The lowest BCUT2D eigenvalue weighted by Gasteiger charge is -2.27. The summed E-state index contributed by atoms with van der Waals surface area (Å²) in [6.07, 6.45) is 7.10. The van der Waals surface area contributed by atoms with Crippen molar-refractivity contribution in [2.45, 2.75) is 46.1 Å². The number of hydrogen-bond acceptors (Lipinski definition) is 6. The number of aryl methyl sites for hydroxylation is 3. The molecule has 7 nitrogen and oxygen atoms in total. The van der Waals surface area contributed by atoms with Crippen molar-refractivity contribution >= 4 is 39.0 Å². The van der Waals surface area contributed by atoms with Gasteiger partial charge in [0, 0.05) is 30.9 Å². The Labute approximate surface area is 173 Å². The third kappa shape index (κ3) is 4.17. The van der Waals surface area contributed by atoms with Crippen molar-refractivity contribution in [1.82, 2.24) is 14.5 Å². The zero-order valence-corrected chi connectivity index (χ0v) is 17.6. The summed E-state index contributed by atoms with van der Waals surface area (Å²) in [7, 11) is 0. The van der Waals surface area contributed by atoms with Gasteiger partial charge in [0.05, 0.1) is 23.6 Å². The molecule has 0 aliphatic carbocycles. The van der Waals surface area contributed by atoms with Crippen molar-refractivity contribution in [3.05, 3.63) is 45.5 Å². The lowest BCUT2D eigenvalue weighted by molar-refractivity contribution is -0.116. The van der Waals surface area contributed by atoms with E-state index in [1.165, 1.54) is 41.5 Å². The molecule has 0 atom stereocenters. The summed E-state index contributed by atoms with van der Waals surface area (Å²) in [5.74, 6) is 0.804. The first-order chi connectivity index (χ1) is 14.0. The Morgan fingerprint density at radius 2 is 1.97 bits per heavy atom. The van der Waals surface area contributed by atoms with E-state index in [2.05, 4.69) is 20.2 Å². The molecule has 1 amide bonds. The molecular weight excluding hydrogens is 386 g/mol. The van der Waals surface area contributed by atoms with Crippen molar-refractivity contribution < 1.29 is 4.79 Å². The maximum absolute atomic E-state index is 12.7. The predicted octanol–water partition coefficient (Wildman–Crippen LogP) is 3.49. The van der Waals surface area contributed by atoms with E-state index < -0.39 is 0 Å². The average molecular weight is 412 g/mol. The second-order valence-corrected chi connectivity index (χ2v) is 8.66. The number of anilines is 2. The molecule has 1 N–H and O–H groups in total. The minimum Gasteiger partial charge on any atom is -0.357 e. The van der Waals surface area contributed by atoms with Gasteiger partial charge >= 0.3 is 0 Å². The number of hydrogen-bond donors (Lipinski definition) is 1. The van der Waals surface area contributed by atoms with Crippen molar-refractivity contribution in [2.24, 2.45) is 0 Å². The van der Waals surface area contributed by atoms with Crippen molar-refractivity contribution in [3.63, 3.8) is 0 Å². The van der Waals surface area contributed by atoms with Gasteiger partial charge in [-0.05, 0) is 50.8 Å². The number of fused-ring (bicyclic) bond motifs is 1. The highest BCUT2D eigenvalue weighted by molar-refractivity contribution is 7.18. The van der Waals surface area contributed by atoms with Crippen LogP contribution in [0.4, 0.5) is 11.5 Å². The number of aromatic nitrogens is 3. The molecule has 0 aromatic carbocycles. The molecule has 1 aliphatic heterocycles. The number of carbonyl (C=O) groups is 1. The highest BCUT2D eigenvalue weighted by atomic mass is 32.1. The molecule has 4 rings (SSSR count). The van der Waals surface area contributed by atoms with Gasteiger partial charge < -0.3 is 10.2 Å². The molecule has 8 heteroatoms. The Bertz CT molecular complexity index is 1080. The molecule has 3 aromatic rings. The predicted molar refractivity (Wildman–Crippen MR) is 117 cm³/mol. The van der Waals surface area contributed by atoms with E-state index in [9.17, 15) is 9.59 Å². The molecule has 0 saturated carbocycles. The quantitative estimate of drug-likeness (QED) is 0.695. The Morgan fingerprint density at radius 1 is 1.17 bits per heavy atom. The molecule has 0 unspecified atom stereocenters. The summed E-state index contributed by atoms with van der Waals surface area (Å²) in [6, 6.07) is 3.83. The number of thiophene rings is 1. The van der Waals surface area contributed by atoms with Crippen molar-refractivity contribution in [2.75, 3.05) is 23.3 Å². The third-order valence-corrected chi connectivity index (χ3v) is 6.56. The van der Waals surface area contributed by atoms with Crippen LogP contribution in [0, 0.1) is 13.8 Å². The van der Waals surface area contributed by atoms with Gasteiger partial charge in [0.2, 0.25) is 5.91 Å². The van der Waals surface area contributed by atoms with Crippen LogP contribution in [0.2, 0.25) is 0 Å². The number of amides is 1. The number of nitrogens with zero attached hydrogens (tertiary/aromatic N) is 4. The largest absolute Gasteiger partial charge is 0.357 e. The number of pyridine rings is 1. The normalized spacial score (nSPS) is 14.3. The van der Waals surface area contributed by atoms with Gasteiger partial charge in [-0.1, -0.05) is 0 Å². The van der Waals surface area contributed by atoms with Gasteiger partial charge in [0.15, 0.2) is 0 Å². The molecule has 29 heavy (non-hydrogen) atoms. The monoisotopic (exact) mass is 411 g/mol. The lowest BCUT2D eigenvalue weighted by atomic mass is 10.1. The fraction of sp³-hybridized carbons (Fsp3) is 0.429. The van der Waals surface area contributed by atoms with Crippen LogP contribution < -0.4 is 15.8 Å². The van der Waals surface area contributed by atoms with Crippen LogP contribution in [0.25, 0.3) is 10.2 Å². The summed E-state index contributed by atoms with van der Waals surface area (Å²) in [6.45, 7) is 6.30. The molecular formula is C21H25N5O2S. The molecule has 152 valence electrons. The van der Waals surface area contributed by atoms with Crippen LogP contribution >= 0.6 is 11.3 Å². The number of rotatable bonds is 5. The van der Waals surface area contributed by atoms with Crippen LogP contribution in [0.15, 0.2) is 29.5 Å². The SMILES string of the molecule is Cc1sc2ncn(CCC(=O)Nc3ccc(N4CCCCC4)nc3)c(=O)c2c1C. The molecule has 1 aliphatic rings. The Hall–Kier alpha value is -2.74.